The molecule has 0 radical (unpaired) electrons. The zero-order chi connectivity index (χ0) is 8.10. The Morgan fingerprint density at radius 1 is 1.09 bits per heavy atom. The van der Waals surface area contributed by atoms with Gasteiger partial charge in [-0.1, -0.05) is 30.3 Å². The molecule has 0 N–H and O–H groups in total. The highest BCUT2D eigenvalue weighted by atomic mass is 31.1. The lowest BCUT2D eigenvalue weighted by atomic mass is 10.2. The van der Waals surface area contributed by atoms with Gasteiger partial charge in [-0.3, -0.25) is 0 Å². The van der Waals surface area contributed by atoms with Crippen molar-refractivity contribution < 1.29 is 0 Å². The second-order valence-corrected chi connectivity index (χ2v) is 5.65. The van der Waals surface area contributed by atoms with Gasteiger partial charge in [-0.15, -0.1) is 7.92 Å². The zero-order valence-corrected chi connectivity index (χ0v) is 8.14. The first-order valence-corrected chi connectivity index (χ1v) is 6.40. The Hall–Kier alpha value is -0.350. The predicted molar refractivity (Wildman–Crippen MR) is 53.8 cm³/mol. The van der Waals surface area contributed by atoms with Gasteiger partial charge < -0.3 is 0 Å². The first kappa shape index (κ1) is 8.74. The molecule has 0 aliphatic carbocycles. The fourth-order valence-corrected chi connectivity index (χ4v) is 1.70. The van der Waals surface area contributed by atoms with Gasteiger partial charge in [-0.05, 0) is 31.5 Å². The van der Waals surface area contributed by atoms with E-state index >= 15 is 0 Å². The van der Waals surface area contributed by atoms with Gasteiger partial charge in [0.1, 0.15) is 0 Å². The quantitative estimate of drug-likeness (QED) is 0.605. The Kier molecular flexibility index (Phi) is 3.59. The summed E-state index contributed by atoms with van der Waals surface area (Å²) >= 11 is 0. The third kappa shape index (κ3) is 3.53. The molecule has 0 heterocycles. The van der Waals surface area contributed by atoms with Crippen LogP contribution in [0.4, 0.5) is 0 Å². The topological polar surface area (TPSA) is 0 Å². The molecule has 0 spiro atoms. The number of hydrogen-bond donors (Lipinski definition) is 0. The average Bonchev–Trinajstić information content (AvgIpc) is 2.03. The SMILES string of the molecule is CP(C)CCc1ccccc1. The maximum Gasteiger partial charge on any atom is -0.0240 e. The van der Waals surface area contributed by atoms with Crippen molar-refractivity contribution in [2.75, 3.05) is 19.5 Å². The highest BCUT2D eigenvalue weighted by molar-refractivity contribution is 7.55. The van der Waals surface area contributed by atoms with Crippen LogP contribution in [-0.4, -0.2) is 19.5 Å². The monoisotopic (exact) mass is 166 g/mol. The molecule has 0 aliphatic heterocycles. The molecule has 1 aromatic rings. The summed E-state index contributed by atoms with van der Waals surface area (Å²) in [7, 11) is 0.276. The van der Waals surface area contributed by atoms with Crippen molar-refractivity contribution in [3.63, 3.8) is 0 Å². The minimum Gasteiger partial charge on any atom is -0.113 e. The number of hydrogen-bond acceptors (Lipinski definition) is 0. The molecule has 1 rings (SSSR count). The number of benzene rings is 1. The normalized spacial score (nSPS) is 10.5. The van der Waals surface area contributed by atoms with Crippen molar-refractivity contribution in [3.05, 3.63) is 35.9 Å². The van der Waals surface area contributed by atoms with Gasteiger partial charge in [0, 0.05) is 0 Å². The van der Waals surface area contributed by atoms with E-state index in [0.29, 0.717) is 0 Å². The van der Waals surface area contributed by atoms with E-state index < -0.39 is 0 Å². The summed E-state index contributed by atoms with van der Waals surface area (Å²) < 4.78 is 0. The summed E-state index contributed by atoms with van der Waals surface area (Å²) in [5.74, 6) is 0. The van der Waals surface area contributed by atoms with E-state index in [1.165, 1.54) is 18.1 Å². The van der Waals surface area contributed by atoms with E-state index in [9.17, 15) is 0 Å². The Bertz CT molecular complexity index is 191. The van der Waals surface area contributed by atoms with Gasteiger partial charge in [0.25, 0.3) is 0 Å². The molecule has 0 fully saturated rings. The van der Waals surface area contributed by atoms with Gasteiger partial charge in [-0.25, -0.2) is 0 Å². The highest BCUT2D eigenvalue weighted by Crippen LogP contribution is 2.24. The second kappa shape index (κ2) is 4.51. The molecule has 0 amide bonds. The van der Waals surface area contributed by atoms with Crippen molar-refractivity contribution in [3.8, 4) is 0 Å². The first-order valence-electron chi connectivity index (χ1n) is 3.97. The summed E-state index contributed by atoms with van der Waals surface area (Å²) in [6, 6.07) is 10.7. The smallest absolute Gasteiger partial charge is 0.0240 e. The van der Waals surface area contributed by atoms with E-state index in [0.717, 1.165) is 0 Å². The third-order valence-electron chi connectivity index (χ3n) is 1.69. The number of rotatable bonds is 3. The van der Waals surface area contributed by atoms with Crippen LogP contribution in [0.3, 0.4) is 0 Å². The van der Waals surface area contributed by atoms with Gasteiger partial charge in [0.2, 0.25) is 0 Å². The average molecular weight is 166 g/mol. The molecule has 60 valence electrons. The summed E-state index contributed by atoms with van der Waals surface area (Å²) in [6.45, 7) is 4.66. The van der Waals surface area contributed by atoms with Crippen molar-refractivity contribution >= 4 is 7.92 Å². The van der Waals surface area contributed by atoms with Crippen LogP contribution in [-0.2, 0) is 6.42 Å². The summed E-state index contributed by atoms with van der Waals surface area (Å²) in [6.07, 6.45) is 2.61. The van der Waals surface area contributed by atoms with E-state index in [4.69, 9.17) is 0 Å². The lowest BCUT2D eigenvalue weighted by Gasteiger charge is -2.04. The van der Waals surface area contributed by atoms with Crippen LogP contribution in [0.1, 0.15) is 5.56 Å². The Morgan fingerprint density at radius 3 is 2.27 bits per heavy atom. The molecular weight excluding hydrogens is 151 g/mol. The molecule has 0 atom stereocenters. The fraction of sp³-hybridized carbons (Fsp3) is 0.400. The van der Waals surface area contributed by atoms with Crippen LogP contribution in [0.2, 0.25) is 0 Å². The van der Waals surface area contributed by atoms with E-state index in [1.54, 1.807) is 0 Å². The van der Waals surface area contributed by atoms with Crippen LogP contribution < -0.4 is 0 Å². The molecule has 0 unspecified atom stereocenters. The predicted octanol–water partition coefficient (Wildman–Crippen LogP) is 2.97. The highest BCUT2D eigenvalue weighted by Gasteiger charge is 1.93. The first-order chi connectivity index (χ1) is 5.29. The molecule has 0 bridgehead atoms. The Balaban J connectivity index is 2.39. The molecule has 0 aliphatic rings. The lowest BCUT2D eigenvalue weighted by molar-refractivity contribution is 1.15. The second-order valence-electron chi connectivity index (χ2n) is 3.04. The molecule has 0 nitrogen and oxygen atoms in total. The van der Waals surface area contributed by atoms with Gasteiger partial charge in [0.05, 0.1) is 0 Å². The lowest BCUT2D eigenvalue weighted by Crippen LogP contribution is -1.88. The molecule has 11 heavy (non-hydrogen) atoms. The van der Waals surface area contributed by atoms with Crippen LogP contribution >= 0.6 is 7.92 Å². The van der Waals surface area contributed by atoms with Crippen molar-refractivity contribution in [2.24, 2.45) is 0 Å². The maximum atomic E-state index is 2.33. The van der Waals surface area contributed by atoms with Crippen LogP contribution in [0, 0.1) is 0 Å². The molecule has 0 saturated carbocycles. The summed E-state index contributed by atoms with van der Waals surface area (Å²) in [4.78, 5) is 0. The standard InChI is InChI=1S/C10H15P/c1-11(2)9-8-10-6-4-3-5-7-10/h3-7H,8-9H2,1-2H3. The zero-order valence-electron chi connectivity index (χ0n) is 7.25. The minimum absolute atomic E-state index is 0.276. The van der Waals surface area contributed by atoms with E-state index in [2.05, 4.69) is 43.7 Å². The molecular formula is C10H15P. The summed E-state index contributed by atoms with van der Waals surface area (Å²) in [5.41, 5.74) is 1.48. The van der Waals surface area contributed by atoms with Crippen LogP contribution in [0.15, 0.2) is 30.3 Å². The third-order valence-corrected chi connectivity index (χ3v) is 2.81. The van der Waals surface area contributed by atoms with Crippen molar-refractivity contribution in [1.29, 1.82) is 0 Å². The molecule has 1 aromatic carbocycles. The summed E-state index contributed by atoms with van der Waals surface area (Å²) in [5, 5.41) is 0. The molecule has 0 aromatic heterocycles. The van der Waals surface area contributed by atoms with Crippen molar-refractivity contribution in [1.82, 2.24) is 0 Å². The minimum atomic E-state index is 0.276. The van der Waals surface area contributed by atoms with Gasteiger partial charge >= 0.3 is 0 Å². The van der Waals surface area contributed by atoms with Gasteiger partial charge in [0.15, 0.2) is 0 Å². The molecule has 1 heteroatoms. The van der Waals surface area contributed by atoms with Crippen LogP contribution in [0.5, 0.6) is 0 Å². The van der Waals surface area contributed by atoms with E-state index in [1.807, 2.05) is 0 Å². The van der Waals surface area contributed by atoms with E-state index in [-0.39, 0.29) is 7.92 Å². The fourth-order valence-electron chi connectivity index (χ4n) is 0.997. The van der Waals surface area contributed by atoms with Gasteiger partial charge in [-0.2, -0.15) is 0 Å². The van der Waals surface area contributed by atoms with Crippen molar-refractivity contribution in [2.45, 2.75) is 6.42 Å². The molecule has 0 saturated heterocycles. The Morgan fingerprint density at radius 2 is 1.73 bits per heavy atom. The maximum absolute atomic E-state index is 2.33. The number of aryl methyl sites for hydroxylation is 1. The van der Waals surface area contributed by atoms with Crippen LogP contribution in [0.25, 0.3) is 0 Å². The Labute approximate surface area is 70.4 Å². The largest absolute Gasteiger partial charge is 0.113 e.